The van der Waals surface area contributed by atoms with Gasteiger partial charge in [-0.15, -0.1) is 0 Å². The second kappa shape index (κ2) is 5.72. The number of carbonyl (C=O) groups excluding carboxylic acids is 1. The Bertz CT molecular complexity index is 681. The van der Waals surface area contributed by atoms with Crippen molar-refractivity contribution in [3.05, 3.63) is 30.0 Å². The predicted molar refractivity (Wildman–Crippen MR) is 83.5 cm³/mol. The number of benzene rings is 1. The Morgan fingerprint density at radius 2 is 2.18 bits per heavy atom. The highest BCUT2D eigenvalue weighted by molar-refractivity contribution is 5.86. The van der Waals surface area contributed by atoms with Crippen LogP contribution < -0.4 is 5.32 Å². The first-order valence-electron chi connectivity index (χ1n) is 8.18. The summed E-state index contributed by atoms with van der Waals surface area (Å²) in [6, 6.07) is 8.51. The van der Waals surface area contributed by atoms with E-state index in [1.54, 1.807) is 0 Å². The van der Waals surface area contributed by atoms with Crippen LogP contribution in [-0.4, -0.2) is 41.1 Å². The Balaban J connectivity index is 1.42. The van der Waals surface area contributed by atoms with E-state index in [1.807, 2.05) is 24.3 Å². The van der Waals surface area contributed by atoms with E-state index in [4.69, 9.17) is 4.52 Å². The number of hydrogen-bond acceptors (Lipinski definition) is 4. The third-order valence-corrected chi connectivity index (χ3v) is 4.98. The van der Waals surface area contributed by atoms with Gasteiger partial charge in [-0.1, -0.05) is 23.7 Å². The molecule has 2 aromatic rings. The maximum absolute atomic E-state index is 12.4. The van der Waals surface area contributed by atoms with Gasteiger partial charge in [0.25, 0.3) is 0 Å². The molecule has 2 fully saturated rings. The first-order valence-corrected chi connectivity index (χ1v) is 8.18. The normalized spacial score (nSPS) is 25.3. The fourth-order valence-electron chi connectivity index (χ4n) is 3.89. The number of hydrogen-bond donors (Lipinski definition) is 1. The summed E-state index contributed by atoms with van der Waals surface area (Å²) < 4.78 is 5.27. The number of nitrogens with zero attached hydrogens (tertiary/aromatic N) is 2. The molecule has 0 spiro atoms. The predicted octanol–water partition coefficient (Wildman–Crippen LogP) is 2.11. The molecule has 116 valence electrons. The summed E-state index contributed by atoms with van der Waals surface area (Å²) in [7, 11) is 0. The second-order valence-electron chi connectivity index (χ2n) is 6.36. The molecule has 5 nitrogen and oxygen atoms in total. The zero-order valence-corrected chi connectivity index (χ0v) is 12.6. The van der Waals surface area contributed by atoms with Crippen molar-refractivity contribution in [1.29, 1.82) is 0 Å². The minimum Gasteiger partial charge on any atom is -0.356 e. The number of para-hydroxylation sites is 1. The number of piperidine rings is 1. The van der Waals surface area contributed by atoms with Crippen LogP contribution in [0, 0.1) is 0 Å². The monoisotopic (exact) mass is 299 g/mol. The molecule has 1 aromatic carbocycles. The Labute approximate surface area is 129 Å². The summed E-state index contributed by atoms with van der Waals surface area (Å²) in [5.41, 5.74) is 1.47. The number of amides is 1. The van der Waals surface area contributed by atoms with Crippen LogP contribution in [0.15, 0.2) is 28.8 Å². The van der Waals surface area contributed by atoms with E-state index in [9.17, 15) is 4.79 Å². The first kappa shape index (κ1) is 13.8. The van der Waals surface area contributed by atoms with E-state index in [1.165, 1.54) is 25.8 Å². The molecule has 0 saturated carbocycles. The molecule has 0 bridgehead atoms. The zero-order chi connectivity index (χ0) is 14.9. The van der Waals surface area contributed by atoms with Crippen LogP contribution in [0.3, 0.4) is 0 Å². The fraction of sp³-hybridized carbons (Fsp3) is 0.529. The fourth-order valence-corrected chi connectivity index (χ4v) is 3.89. The smallest absolute Gasteiger partial charge is 0.226 e. The van der Waals surface area contributed by atoms with E-state index < -0.39 is 0 Å². The van der Waals surface area contributed by atoms with Crippen LogP contribution in [0.2, 0.25) is 0 Å². The summed E-state index contributed by atoms with van der Waals surface area (Å²) >= 11 is 0. The maximum Gasteiger partial charge on any atom is 0.226 e. The van der Waals surface area contributed by atoms with Gasteiger partial charge in [0, 0.05) is 24.0 Å². The van der Waals surface area contributed by atoms with Gasteiger partial charge in [0.05, 0.1) is 6.42 Å². The number of rotatable bonds is 3. The molecular weight excluding hydrogens is 278 g/mol. The summed E-state index contributed by atoms with van der Waals surface area (Å²) in [5, 5.41) is 8.20. The van der Waals surface area contributed by atoms with Gasteiger partial charge < -0.3 is 9.84 Å². The standard InChI is InChI=1S/C17H21N3O2/c21-17(11-14-12-5-1-2-7-16(12)22-19-14)18-13-8-10-20-9-4-3-6-15(13)20/h1-2,5,7,13,15H,3-4,6,8-11H2,(H,18,21)/t13-,15+/m1/s1. The molecule has 4 rings (SSSR count). The van der Waals surface area contributed by atoms with Crippen LogP contribution in [0.1, 0.15) is 31.4 Å². The molecule has 0 radical (unpaired) electrons. The molecule has 22 heavy (non-hydrogen) atoms. The molecule has 2 saturated heterocycles. The van der Waals surface area contributed by atoms with E-state index in [-0.39, 0.29) is 5.91 Å². The van der Waals surface area contributed by atoms with Crippen molar-refractivity contribution in [2.45, 2.75) is 44.2 Å². The Morgan fingerprint density at radius 1 is 1.27 bits per heavy atom. The molecule has 0 unspecified atom stereocenters. The Hall–Kier alpha value is -1.88. The summed E-state index contributed by atoms with van der Waals surface area (Å²) in [6.07, 6.45) is 5.14. The molecule has 0 aliphatic carbocycles. The summed E-state index contributed by atoms with van der Waals surface area (Å²) in [4.78, 5) is 14.9. The van der Waals surface area contributed by atoms with Crippen molar-refractivity contribution in [2.24, 2.45) is 0 Å². The highest BCUT2D eigenvalue weighted by Gasteiger charge is 2.36. The Morgan fingerprint density at radius 3 is 3.14 bits per heavy atom. The van der Waals surface area contributed by atoms with Crippen LogP contribution in [-0.2, 0) is 11.2 Å². The molecular formula is C17H21N3O2. The van der Waals surface area contributed by atoms with Crippen molar-refractivity contribution in [1.82, 2.24) is 15.4 Å². The van der Waals surface area contributed by atoms with Gasteiger partial charge in [0.2, 0.25) is 5.91 Å². The van der Waals surface area contributed by atoms with Crippen LogP contribution in [0.25, 0.3) is 11.0 Å². The summed E-state index contributed by atoms with van der Waals surface area (Å²) in [6.45, 7) is 2.30. The molecule has 1 N–H and O–H groups in total. The van der Waals surface area contributed by atoms with Gasteiger partial charge in [-0.25, -0.2) is 0 Å². The van der Waals surface area contributed by atoms with Crippen molar-refractivity contribution < 1.29 is 9.32 Å². The number of aromatic nitrogens is 1. The highest BCUT2D eigenvalue weighted by Crippen LogP contribution is 2.27. The van der Waals surface area contributed by atoms with Crippen LogP contribution in [0.4, 0.5) is 0 Å². The van der Waals surface area contributed by atoms with Crippen LogP contribution >= 0.6 is 0 Å². The average Bonchev–Trinajstić information content (AvgIpc) is 3.13. The van der Waals surface area contributed by atoms with Gasteiger partial charge in [-0.2, -0.15) is 0 Å². The topological polar surface area (TPSA) is 58.4 Å². The molecule has 1 amide bonds. The van der Waals surface area contributed by atoms with Gasteiger partial charge in [-0.05, 0) is 37.9 Å². The number of nitrogens with one attached hydrogen (secondary N) is 1. The Kier molecular flexibility index (Phi) is 3.58. The lowest BCUT2D eigenvalue weighted by Crippen LogP contribution is -2.47. The van der Waals surface area contributed by atoms with Gasteiger partial charge in [0.15, 0.2) is 5.58 Å². The van der Waals surface area contributed by atoms with Crippen molar-refractivity contribution in [3.8, 4) is 0 Å². The number of carbonyl (C=O) groups is 1. The van der Waals surface area contributed by atoms with Gasteiger partial charge in [-0.3, -0.25) is 9.69 Å². The molecule has 5 heteroatoms. The van der Waals surface area contributed by atoms with Crippen molar-refractivity contribution in [2.75, 3.05) is 13.1 Å². The minimum atomic E-state index is 0.0523. The molecule has 2 aliphatic rings. The largest absolute Gasteiger partial charge is 0.356 e. The van der Waals surface area contributed by atoms with E-state index in [2.05, 4.69) is 15.4 Å². The van der Waals surface area contributed by atoms with E-state index in [0.717, 1.165) is 29.6 Å². The highest BCUT2D eigenvalue weighted by atomic mass is 16.5. The molecule has 3 heterocycles. The lowest BCUT2D eigenvalue weighted by molar-refractivity contribution is -0.121. The van der Waals surface area contributed by atoms with Gasteiger partial charge in [0.1, 0.15) is 5.69 Å². The van der Waals surface area contributed by atoms with Gasteiger partial charge >= 0.3 is 0 Å². The van der Waals surface area contributed by atoms with Crippen molar-refractivity contribution >= 4 is 16.9 Å². The second-order valence-corrected chi connectivity index (χ2v) is 6.36. The molecule has 1 aromatic heterocycles. The third kappa shape index (κ3) is 2.50. The third-order valence-electron chi connectivity index (χ3n) is 4.98. The van der Waals surface area contributed by atoms with E-state index >= 15 is 0 Å². The maximum atomic E-state index is 12.4. The average molecular weight is 299 g/mol. The molecule has 2 atom stereocenters. The quantitative estimate of drug-likeness (QED) is 0.943. The molecule has 2 aliphatic heterocycles. The zero-order valence-electron chi connectivity index (χ0n) is 12.6. The van der Waals surface area contributed by atoms with Crippen LogP contribution in [0.5, 0.6) is 0 Å². The van der Waals surface area contributed by atoms with E-state index in [0.29, 0.717) is 18.5 Å². The summed E-state index contributed by atoms with van der Waals surface area (Å²) in [5.74, 6) is 0.0523. The number of fused-ring (bicyclic) bond motifs is 2. The first-order chi connectivity index (χ1) is 10.8. The lowest BCUT2D eigenvalue weighted by atomic mass is 9.99. The minimum absolute atomic E-state index is 0.0523. The van der Waals surface area contributed by atoms with Crippen molar-refractivity contribution in [3.63, 3.8) is 0 Å². The lowest BCUT2D eigenvalue weighted by Gasteiger charge is -2.32. The SMILES string of the molecule is O=C(Cc1noc2ccccc12)N[C@@H]1CCN2CCCC[C@@H]12.